The molecule has 0 fully saturated rings. The van der Waals surface area contributed by atoms with Gasteiger partial charge in [0.2, 0.25) is 6.79 Å². The molecule has 3 N–H and O–H groups in total. The summed E-state index contributed by atoms with van der Waals surface area (Å²) in [4.78, 5) is 12.2. The van der Waals surface area contributed by atoms with Crippen molar-refractivity contribution >= 4 is 11.7 Å². The molecule has 1 heterocycles. The molecule has 0 aliphatic carbocycles. The summed E-state index contributed by atoms with van der Waals surface area (Å²) >= 11 is 0. The number of amides is 2. The molecule has 0 spiro atoms. The van der Waals surface area contributed by atoms with E-state index >= 15 is 0 Å². The fourth-order valence-electron chi connectivity index (χ4n) is 2.81. The van der Waals surface area contributed by atoms with Gasteiger partial charge in [-0.3, -0.25) is 0 Å². The van der Waals surface area contributed by atoms with E-state index in [4.69, 9.17) is 9.47 Å². The molecule has 6 heteroatoms. The zero-order valence-electron chi connectivity index (χ0n) is 16.1. The fourth-order valence-corrected chi connectivity index (χ4v) is 2.81. The lowest BCUT2D eigenvalue weighted by atomic mass is 9.87. The first-order valence-corrected chi connectivity index (χ1v) is 8.93. The molecule has 0 saturated heterocycles. The van der Waals surface area contributed by atoms with Crippen LogP contribution in [0.3, 0.4) is 0 Å². The molecule has 1 aliphatic rings. The first-order chi connectivity index (χ1) is 12.6. The van der Waals surface area contributed by atoms with Gasteiger partial charge in [-0.1, -0.05) is 39.0 Å². The van der Waals surface area contributed by atoms with Crippen molar-refractivity contribution in [2.45, 2.75) is 38.7 Å². The Bertz CT molecular complexity index is 823. The zero-order chi connectivity index (χ0) is 19.7. The SMILES string of the molecule is CC(C)(C)c1ccc(NC(=O)NCC(C)(O)c2ccc3c(c2)OCO3)cc1. The van der Waals surface area contributed by atoms with E-state index in [0.717, 1.165) is 0 Å². The number of fused-ring (bicyclic) bond motifs is 1. The summed E-state index contributed by atoms with van der Waals surface area (Å²) in [5.41, 5.74) is 1.35. The monoisotopic (exact) mass is 370 g/mol. The fraction of sp³-hybridized carbons (Fsp3) is 0.381. The summed E-state index contributed by atoms with van der Waals surface area (Å²) in [6.07, 6.45) is 0. The second-order valence-corrected chi connectivity index (χ2v) is 7.98. The van der Waals surface area contributed by atoms with E-state index in [1.807, 2.05) is 24.3 Å². The number of aliphatic hydroxyl groups is 1. The maximum atomic E-state index is 12.2. The van der Waals surface area contributed by atoms with E-state index in [-0.39, 0.29) is 24.8 Å². The van der Waals surface area contributed by atoms with Gasteiger partial charge < -0.3 is 25.2 Å². The topological polar surface area (TPSA) is 79.8 Å². The molecule has 0 radical (unpaired) electrons. The molecule has 2 amide bonds. The molecule has 144 valence electrons. The van der Waals surface area contributed by atoms with Gasteiger partial charge in [-0.15, -0.1) is 0 Å². The van der Waals surface area contributed by atoms with Gasteiger partial charge in [0.15, 0.2) is 11.5 Å². The van der Waals surface area contributed by atoms with Crippen LogP contribution in [0.25, 0.3) is 0 Å². The number of urea groups is 1. The Morgan fingerprint density at radius 1 is 1.00 bits per heavy atom. The third kappa shape index (κ3) is 4.52. The normalized spacial score (nSPS) is 15.1. The Labute approximate surface area is 159 Å². The summed E-state index contributed by atoms with van der Waals surface area (Å²) in [6, 6.07) is 12.6. The Morgan fingerprint density at radius 2 is 1.63 bits per heavy atom. The minimum Gasteiger partial charge on any atom is -0.454 e. The smallest absolute Gasteiger partial charge is 0.319 e. The van der Waals surface area contributed by atoms with Crippen LogP contribution in [-0.4, -0.2) is 24.5 Å². The van der Waals surface area contributed by atoms with Crippen molar-refractivity contribution in [3.8, 4) is 11.5 Å². The van der Waals surface area contributed by atoms with Crippen molar-refractivity contribution in [1.82, 2.24) is 5.32 Å². The number of anilines is 1. The zero-order valence-corrected chi connectivity index (χ0v) is 16.1. The third-order valence-electron chi connectivity index (χ3n) is 4.60. The van der Waals surface area contributed by atoms with Crippen LogP contribution in [0.4, 0.5) is 10.5 Å². The van der Waals surface area contributed by atoms with Crippen LogP contribution in [0.5, 0.6) is 11.5 Å². The number of carbonyl (C=O) groups is 1. The van der Waals surface area contributed by atoms with Gasteiger partial charge in [-0.05, 0) is 47.7 Å². The second-order valence-electron chi connectivity index (χ2n) is 7.98. The number of benzene rings is 2. The summed E-state index contributed by atoms with van der Waals surface area (Å²) < 4.78 is 10.6. The lowest BCUT2D eigenvalue weighted by Crippen LogP contribution is -2.40. The minimum atomic E-state index is -1.24. The molecule has 0 aromatic heterocycles. The van der Waals surface area contributed by atoms with E-state index < -0.39 is 5.60 Å². The van der Waals surface area contributed by atoms with Gasteiger partial charge in [0.25, 0.3) is 0 Å². The van der Waals surface area contributed by atoms with Crippen molar-refractivity contribution in [3.05, 3.63) is 53.6 Å². The average Bonchev–Trinajstić information content (AvgIpc) is 3.07. The van der Waals surface area contributed by atoms with Crippen molar-refractivity contribution in [2.24, 2.45) is 0 Å². The summed E-state index contributed by atoms with van der Waals surface area (Å²) in [5, 5.41) is 16.2. The highest BCUT2D eigenvalue weighted by Gasteiger charge is 2.26. The average molecular weight is 370 g/mol. The summed E-state index contributed by atoms with van der Waals surface area (Å²) in [7, 11) is 0. The van der Waals surface area contributed by atoms with Crippen molar-refractivity contribution in [3.63, 3.8) is 0 Å². The molecule has 3 rings (SSSR count). The Morgan fingerprint density at radius 3 is 2.30 bits per heavy atom. The van der Waals surface area contributed by atoms with Gasteiger partial charge >= 0.3 is 6.03 Å². The van der Waals surface area contributed by atoms with Crippen molar-refractivity contribution < 1.29 is 19.4 Å². The first kappa shape index (κ1) is 19.0. The van der Waals surface area contributed by atoms with Crippen LogP contribution in [0.1, 0.15) is 38.8 Å². The number of hydrogen-bond donors (Lipinski definition) is 3. The van der Waals surface area contributed by atoms with Gasteiger partial charge in [-0.25, -0.2) is 4.79 Å². The highest BCUT2D eigenvalue weighted by atomic mass is 16.7. The Kier molecular flexibility index (Phi) is 5.02. The van der Waals surface area contributed by atoms with Crippen LogP contribution < -0.4 is 20.1 Å². The van der Waals surface area contributed by atoms with E-state index in [2.05, 4.69) is 31.4 Å². The van der Waals surface area contributed by atoms with Crippen LogP contribution in [-0.2, 0) is 11.0 Å². The maximum absolute atomic E-state index is 12.2. The van der Waals surface area contributed by atoms with E-state index in [1.165, 1.54) is 5.56 Å². The standard InChI is InChI=1S/C21H26N2O4/c1-20(2,3)14-5-8-16(9-6-14)23-19(24)22-12-21(4,25)15-7-10-17-18(11-15)27-13-26-17/h5-11,25H,12-13H2,1-4H3,(H2,22,23,24). The second kappa shape index (κ2) is 7.12. The van der Waals surface area contributed by atoms with Crippen molar-refractivity contribution in [1.29, 1.82) is 0 Å². The molecule has 0 saturated carbocycles. The summed E-state index contributed by atoms with van der Waals surface area (Å²) in [5.74, 6) is 1.25. The van der Waals surface area contributed by atoms with E-state index in [0.29, 0.717) is 22.7 Å². The van der Waals surface area contributed by atoms with Crippen LogP contribution in [0.15, 0.2) is 42.5 Å². The lowest BCUT2D eigenvalue weighted by molar-refractivity contribution is 0.0597. The van der Waals surface area contributed by atoms with Gasteiger partial charge in [-0.2, -0.15) is 0 Å². The first-order valence-electron chi connectivity index (χ1n) is 8.93. The number of rotatable bonds is 4. The van der Waals surface area contributed by atoms with Gasteiger partial charge in [0, 0.05) is 5.69 Å². The van der Waals surface area contributed by atoms with Crippen LogP contribution in [0.2, 0.25) is 0 Å². The van der Waals surface area contributed by atoms with Crippen molar-refractivity contribution in [2.75, 3.05) is 18.7 Å². The molecule has 1 atom stereocenters. The van der Waals surface area contributed by atoms with E-state index in [1.54, 1.807) is 25.1 Å². The van der Waals surface area contributed by atoms with E-state index in [9.17, 15) is 9.90 Å². The van der Waals surface area contributed by atoms with Gasteiger partial charge in [0.05, 0.1) is 6.54 Å². The molecule has 1 aliphatic heterocycles. The minimum absolute atomic E-state index is 0.0541. The molecule has 2 aromatic rings. The highest BCUT2D eigenvalue weighted by Crippen LogP contribution is 2.35. The predicted octanol–water partition coefficient (Wildman–Crippen LogP) is 3.74. The predicted molar refractivity (Wildman–Crippen MR) is 104 cm³/mol. The summed E-state index contributed by atoms with van der Waals surface area (Å²) in [6.45, 7) is 8.29. The lowest BCUT2D eigenvalue weighted by Gasteiger charge is -2.24. The quantitative estimate of drug-likeness (QED) is 0.766. The number of carbonyl (C=O) groups excluding carboxylic acids is 1. The molecule has 0 bridgehead atoms. The Balaban J connectivity index is 1.58. The largest absolute Gasteiger partial charge is 0.454 e. The number of nitrogens with one attached hydrogen (secondary N) is 2. The maximum Gasteiger partial charge on any atom is 0.319 e. The molecule has 2 aromatic carbocycles. The molecule has 1 unspecified atom stereocenters. The highest BCUT2D eigenvalue weighted by molar-refractivity contribution is 5.89. The number of ether oxygens (including phenoxy) is 2. The van der Waals surface area contributed by atoms with Crippen LogP contribution >= 0.6 is 0 Å². The third-order valence-corrected chi connectivity index (χ3v) is 4.60. The number of hydrogen-bond acceptors (Lipinski definition) is 4. The molecule has 27 heavy (non-hydrogen) atoms. The molecular formula is C21H26N2O4. The molecule has 6 nitrogen and oxygen atoms in total. The van der Waals surface area contributed by atoms with Gasteiger partial charge in [0.1, 0.15) is 5.60 Å². The van der Waals surface area contributed by atoms with Crippen LogP contribution in [0, 0.1) is 0 Å². The molecular weight excluding hydrogens is 344 g/mol. The Hall–Kier alpha value is -2.73.